The number of nitrogens with zero attached hydrogens (tertiary/aromatic N) is 1. The largest absolute Gasteiger partial charge is 0.508 e. The van der Waals surface area contributed by atoms with E-state index in [0.717, 1.165) is 6.54 Å². The molecule has 2 aromatic rings. The summed E-state index contributed by atoms with van der Waals surface area (Å²) in [6.07, 6.45) is 0. The fourth-order valence-corrected chi connectivity index (χ4v) is 1.97. The summed E-state index contributed by atoms with van der Waals surface area (Å²) < 4.78 is 0. The molecule has 0 saturated carbocycles. The molecule has 0 aromatic heterocycles. The maximum absolute atomic E-state index is 12.0. The van der Waals surface area contributed by atoms with E-state index in [9.17, 15) is 9.90 Å². The number of carbonyl (C=O) groups excluding carboxylic acids is 1. The predicted octanol–water partition coefficient (Wildman–Crippen LogP) is 3.13. The second-order valence-electron chi connectivity index (χ2n) is 4.63. The first-order valence-corrected chi connectivity index (χ1v) is 6.20. The Morgan fingerprint density at radius 2 is 1.80 bits per heavy atom. The highest BCUT2D eigenvalue weighted by Gasteiger charge is 2.10. The van der Waals surface area contributed by atoms with E-state index in [1.54, 1.807) is 18.2 Å². The zero-order valence-corrected chi connectivity index (χ0v) is 12.1. The number of phenolic OH excluding ortho intramolecular Hbond substituents is 1. The van der Waals surface area contributed by atoms with Crippen LogP contribution in [-0.4, -0.2) is 29.4 Å². The third-order valence-corrected chi connectivity index (χ3v) is 2.88. The molecule has 0 aliphatic heterocycles. The number of hydrogen-bond donors (Lipinski definition) is 1. The molecule has 2 rings (SSSR count). The van der Waals surface area contributed by atoms with Crippen LogP contribution in [0.15, 0.2) is 54.6 Å². The predicted molar refractivity (Wildman–Crippen MR) is 82.5 cm³/mol. The first-order chi connectivity index (χ1) is 9.15. The van der Waals surface area contributed by atoms with Crippen molar-refractivity contribution in [3.8, 4) is 5.75 Å². The Morgan fingerprint density at radius 3 is 2.45 bits per heavy atom. The molecule has 0 saturated heterocycles. The number of rotatable bonds is 5. The van der Waals surface area contributed by atoms with Crippen LogP contribution in [0.2, 0.25) is 0 Å². The number of ketones is 1. The maximum Gasteiger partial charge on any atom is 0.176 e. The zero-order valence-electron chi connectivity index (χ0n) is 11.3. The Morgan fingerprint density at radius 1 is 1.10 bits per heavy atom. The summed E-state index contributed by atoms with van der Waals surface area (Å²) in [5, 5.41) is 9.37. The number of hydrogen-bond acceptors (Lipinski definition) is 3. The minimum atomic E-state index is 0. The van der Waals surface area contributed by atoms with Crippen molar-refractivity contribution in [1.82, 2.24) is 4.90 Å². The van der Waals surface area contributed by atoms with Crippen molar-refractivity contribution < 1.29 is 9.90 Å². The molecule has 0 spiro atoms. The Labute approximate surface area is 125 Å². The summed E-state index contributed by atoms with van der Waals surface area (Å²) in [7, 11) is 1.91. The fourth-order valence-electron chi connectivity index (χ4n) is 1.97. The second kappa shape index (κ2) is 7.68. The van der Waals surface area contributed by atoms with Crippen molar-refractivity contribution >= 4 is 18.2 Å². The Kier molecular flexibility index (Phi) is 6.22. The van der Waals surface area contributed by atoms with Gasteiger partial charge in [0.25, 0.3) is 0 Å². The summed E-state index contributed by atoms with van der Waals surface area (Å²) in [6, 6.07) is 16.5. The van der Waals surface area contributed by atoms with Crippen molar-refractivity contribution in [2.75, 3.05) is 13.6 Å². The maximum atomic E-state index is 12.0. The van der Waals surface area contributed by atoms with Crippen LogP contribution in [0.4, 0.5) is 0 Å². The third kappa shape index (κ3) is 4.68. The van der Waals surface area contributed by atoms with Crippen LogP contribution in [0.3, 0.4) is 0 Å². The molecule has 20 heavy (non-hydrogen) atoms. The minimum Gasteiger partial charge on any atom is -0.508 e. The minimum absolute atomic E-state index is 0. The van der Waals surface area contributed by atoms with E-state index in [1.165, 1.54) is 11.6 Å². The van der Waals surface area contributed by atoms with Crippen LogP contribution in [-0.2, 0) is 6.54 Å². The smallest absolute Gasteiger partial charge is 0.176 e. The first kappa shape index (κ1) is 16.2. The van der Waals surface area contributed by atoms with Gasteiger partial charge in [0, 0.05) is 12.1 Å². The van der Waals surface area contributed by atoms with Gasteiger partial charge >= 0.3 is 0 Å². The van der Waals surface area contributed by atoms with Crippen LogP contribution in [0, 0.1) is 0 Å². The molecule has 2 aromatic carbocycles. The molecular formula is C16H18ClNO2. The monoisotopic (exact) mass is 291 g/mol. The molecule has 0 unspecified atom stereocenters. The molecule has 0 bridgehead atoms. The third-order valence-electron chi connectivity index (χ3n) is 2.88. The lowest BCUT2D eigenvalue weighted by molar-refractivity contribution is 0.0942. The molecule has 0 atom stereocenters. The molecular weight excluding hydrogens is 274 g/mol. The number of phenols is 1. The van der Waals surface area contributed by atoms with Gasteiger partial charge in [-0.2, -0.15) is 0 Å². The van der Waals surface area contributed by atoms with Crippen LogP contribution in [0.25, 0.3) is 0 Å². The number of likely N-dealkylation sites (N-methyl/N-ethyl adjacent to an activating group) is 1. The lowest BCUT2D eigenvalue weighted by Gasteiger charge is -2.15. The quantitative estimate of drug-likeness (QED) is 0.861. The SMILES string of the molecule is CN(CC(=O)c1cccc(O)c1)Cc1ccccc1.Cl. The fraction of sp³-hybridized carbons (Fsp3) is 0.188. The summed E-state index contributed by atoms with van der Waals surface area (Å²) in [4.78, 5) is 14.0. The van der Waals surface area contributed by atoms with E-state index in [4.69, 9.17) is 0 Å². The summed E-state index contributed by atoms with van der Waals surface area (Å²) in [6.45, 7) is 1.06. The van der Waals surface area contributed by atoms with Crippen LogP contribution >= 0.6 is 12.4 Å². The molecule has 0 aliphatic rings. The number of Topliss-reactive ketones (excluding diaryl/α,β-unsaturated/α-hetero) is 1. The van der Waals surface area contributed by atoms with Gasteiger partial charge in [-0.05, 0) is 24.7 Å². The normalized spacial score (nSPS) is 10.1. The van der Waals surface area contributed by atoms with E-state index < -0.39 is 0 Å². The summed E-state index contributed by atoms with van der Waals surface area (Å²) >= 11 is 0. The average Bonchev–Trinajstić information content (AvgIpc) is 2.39. The number of aromatic hydroxyl groups is 1. The van der Waals surface area contributed by atoms with E-state index in [2.05, 4.69) is 0 Å². The summed E-state index contributed by atoms with van der Waals surface area (Å²) in [5.74, 6) is 0.130. The van der Waals surface area contributed by atoms with Gasteiger partial charge in [0.05, 0.1) is 6.54 Å². The molecule has 4 heteroatoms. The number of benzene rings is 2. The molecule has 0 radical (unpaired) electrons. The molecule has 0 fully saturated rings. The van der Waals surface area contributed by atoms with Gasteiger partial charge < -0.3 is 5.11 Å². The highest BCUT2D eigenvalue weighted by molar-refractivity contribution is 5.97. The van der Waals surface area contributed by atoms with Gasteiger partial charge in [-0.1, -0.05) is 42.5 Å². The molecule has 0 heterocycles. The molecule has 0 aliphatic carbocycles. The van der Waals surface area contributed by atoms with Gasteiger partial charge in [0.15, 0.2) is 5.78 Å². The molecule has 1 N–H and O–H groups in total. The van der Waals surface area contributed by atoms with Gasteiger partial charge in [0.2, 0.25) is 0 Å². The highest BCUT2D eigenvalue weighted by atomic mass is 35.5. The molecule has 106 valence electrons. The van der Waals surface area contributed by atoms with E-state index in [1.807, 2.05) is 42.3 Å². The van der Waals surface area contributed by atoms with Crippen molar-refractivity contribution in [3.05, 3.63) is 65.7 Å². The second-order valence-corrected chi connectivity index (χ2v) is 4.63. The molecule has 0 amide bonds. The van der Waals surface area contributed by atoms with Crippen molar-refractivity contribution in [3.63, 3.8) is 0 Å². The Hall–Kier alpha value is -1.84. The van der Waals surface area contributed by atoms with Gasteiger partial charge in [-0.25, -0.2) is 0 Å². The summed E-state index contributed by atoms with van der Waals surface area (Å²) in [5.41, 5.74) is 1.72. The van der Waals surface area contributed by atoms with Crippen LogP contribution in [0.5, 0.6) is 5.75 Å². The number of halogens is 1. The van der Waals surface area contributed by atoms with E-state index >= 15 is 0 Å². The van der Waals surface area contributed by atoms with Crippen molar-refractivity contribution in [1.29, 1.82) is 0 Å². The lowest BCUT2D eigenvalue weighted by atomic mass is 10.1. The Bertz CT molecular complexity index is 557. The van der Waals surface area contributed by atoms with Gasteiger partial charge in [-0.3, -0.25) is 9.69 Å². The Balaban J connectivity index is 0.00000200. The van der Waals surface area contributed by atoms with Gasteiger partial charge in [-0.15, -0.1) is 12.4 Å². The lowest BCUT2D eigenvalue weighted by Crippen LogP contribution is -2.25. The van der Waals surface area contributed by atoms with E-state index in [-0.39, 0.29) is 23.9 Å². The van der Waals surface area contributed by atoms with Gasteiger partial charge in [0.1, 0.15) is 5.75 Å². The van der Waals surface area contributed by atoms with Crippen molar-refractivity contribution in [2.24, 2.45) is 0 Å². The van der Waals surface area contributed by atoms with E-state index in [0.29, 0.717) is 12.1 Å². The standard InChI is InChI=1S/C16H17NO2.ClH/c1-17(11-13-6-3-2-4-7-13)12-16(19)14-8-5-9-15(18)10-14;/h2-10,18H,11-12H2,1H3;1H. The average molecular weight is 292 g/mol. The van der Waals surface area contributed by atoms with Crippen LogP contribution < -0.4 is 0 Å². The molecule has 3 nitrogen and oxygen atoms in total. The zero-order chi connectivity index (χ0) is 13.7. The topological polar surface area (TPSA) is 40.5 Å². The first-order valence-electron chi connectivity index (χ1n) is 6.20. The van der Waals surface area contributed by atoms with Crippen LogP contribution in [0.1, 0.15) is 15.9 Å². The highest BCUT2D eigenvalue weighted by Crippen LogP contribution is 2.12. The van der Waals surface area contributed by atoms with Crippen molar-refractivity contribution in [2.45, 2.75) is 6.54 Å². The number of carbonyl (C=O) groups is 1.